The SMILES string of the molecule is CC(C)Cn1c(CCl)nnc1-c1ccc(F)cc1Cl. The molecule has 3 nitrogen and oxygen atoms in total. The number of halogens is 3. The molecule has 0 amide bonds. The summed E-state index contributed by atoms with van der Waals surface area (Å²) in [6.07, 6.45) is 0. The second-order valence-corrected chi connectivity index (χ2v) is 5.38. The van der Waals surface area contributed by atoms with Crippen LogP contribution >= 0.6 is 23.2 Å². The summed E-state index contributed by atoms with van der Waals surface area (Å²) in [7, 11) is 0. The first-order valence-electron chi connectivity index (χ1n) is 5.96. The van der Waals surface area contributed by atoms with Crippen molar-refractivity contribution in [2.75, 3.05) is 0 Å². The zero-order valence-electron chi connectivity index (χ0n) is 10.7. The van der Waals surface area contributed by atoms with Crippen molar-refractivity contribution in [3.05, 3.63) is 34.9 Å². The van der Waals surface area contributed by atoms with E-state index < -0.39 is 0 Å². The van der Waals surface area contributed by atoms with Gasteiger partial charge in [-0.1, -0.05) is 25.4 Å². The third kappa shape index (κ3) is 3.07. The fourth-order valence-electron chi connectivity index (χ4n) is 1.86. The molecule has 0 fully saturated rings. The maximum absolute atomic E-state index is 13.1. The van der Waals surface area contributed by atoms with Gasteiger partial charge in [0.05, 0.1) is 10.9 Å². The van der Waals surface area contributed by atoms with E-state index in [0.717, 1.165) is 6.54 Å². The third-order valence-electron chi connectivity index (χ3n) is 2.67. The van der Waals surface area contributed by atoms with Crippen LogP contribution in [0.25, 0.3) is 11.4 Å². The van der Waals surface area contributed by atoms with Gasteiger partial charge in [0.25, 0.3) is 0 Å². The van der Waals surface area contributed by atoms with Gasteiger partial charge in [-0.15, -0.1) is 21.8 Å². The number of hydrogen-bond donors (Lipinski definition) is 0. The van der Waals surface area contributed by atoms with E-state index in [1.807, 2.05) is 4.57 Å². The molecule has 1 heterocycles. The molecule has 0 bridgehead atoms. The topological polar surface area (TPSA) is 30.7 Å². The van der Waals surface area contributed by atoms with Crippen molar-refractivity contribution in [3.8, 4) is 11.4 Å². The van der Waals surface area contributed by atoms with Crippen LogP contribution in [-0.4, -0.2) is 14.8 Å². The monoisotopic (exact) mass is 301 g/mol. The Morgan fingerprint density at radius 3 is 2.63 bits per heavy atom. The molecule has 0 radical (unpaired) electrons. The molecule has 0 aliphatic rings. The third-order valence-corrected chi connectivity index (χ3v) is 3.22. The van der Waals surface area contributed by atoms with Gasteiger partial charge in [-0.2, -0.15) is 0 Å². The van der Waals surface area contributed by atoms with Gasteiger partial charge >= 0.3 is 0 Å². The van der Waals surface area contributed by atoms with Crippen LogP contribution in [0.5, 0.6) is 0 Å². The Bertz CT molecular complexity index is 581. The molecule has 2 rings (SSSR count). The summed E-state index contributed by atoms with van der Waals surface area (Å²) in [5.74, 6) is 1.62. The van der Waals surface area contributed by atoms with Crippen molar-refractivity contribution in [2.45, 2.75) is 26.3 Å². The predicted octanol–water partition coefficient (Wildman–Crippen LogP) is 4.13. The van der Waals surface area contributed by atoms with Crippen molar-refractivity contribution in [2.24, 2.45) is 5.92 Å². The maximum atomic E-state index is 13.1. The summed E-state index contributed by atoms with van der Waals surface area (Å²) in [6, 6.07) is 4.23. The lowest BCUT2D eigenvalue weighted by Gasteiger charge is -2.12. The van der Waals surface area contributed by atoms with Crippen molar-refractivity contribution in [1.82, 2.24) is 14.8 Å². The zero-order valence-corrected chi connectivity index (χ0v) is 12.2. The molecule has 0 spiro atoms. The van der Waals surface area contributed by atoms with Crippen molar-refractivity contribution in [3.63, 3.8) is 0 Å². The van der Waals surface area contributed by atoms with E-state index >= 15 is 0 Å². The first-order chi connectivity index (χ1) is 9.02. The molecule has 0 atom stereocenters. The molecule has 0 aliphatic heterocycles. The van der Waals surface area contributed by atoms with Gasteiger partial charge in [0.15, 0.2) is 5.82 Å². The largest absolute Gasteiger partial charge is 0.310 e. The van der Waals surface area contributed by atoms with Crippen molar-refractivity contribution in [1.29, 1.82) is 0 Å². The highest BCUT2D eigenvalue weighted by molar-refractivity contribution is 6.33. The van der Waals surface area contributed by atoms with Gasteiger partial charge in [-0.05, 0) is 24.1 Å². The fourth-order valence-corrected chi connectivity index (χ4v) is 2.31. The van der Waals surface area contributed by atoms with Gasteiger partial charge < -0.3 is 4.57 Å². The highest BCUT2D eigenvalue weighted by Crippen LogP contribution is 2.28. The number of alkyl halides is 1. The molecule has 0 saturated heterocycles. The normalized spacial score (nSPS) is 11.3. The molecular formula is C13H14Cl2FN3. The molecule has 2 aromatic rings. The van der Waals surface area contributed by atoms with E-state index in [1.54, 1.807) is 6.07 Å². The van der Waals surface area contributed by atoms with E-state index in [2.05, 4.69) is 24.0 Å². The molecule has 1 aromatic heterocycles. The van der Waals surface area contributed by atoms with Crippen LogP contribution in [0, 0.1) is 11.7 Å². The second kappa shape index (κ2) is 5.88. The van der Waals surface area contributed by atoms with Gasteiger partial charge in [0.1, 0.15) is 11.6 Å². The van der Waals surface area contributed by atoms with Crippen LogP contribution in [0.4, 0.5) is 4.39 Å². The van der Waals surface area contributed by atoms with Gasteiger partial charge in [0.2, 0.25) is 0 Å². The molecule has 1 aromatic carbocycles. The number of hydrogen-bond acceptors (Lipinski definition) is 2. The summed E-state index contributed by atoms with van der Waals surface area (Å²) in [6.45, 7) is 4.92. The average molecular weight is 302 g/mol. The Kier molecular flexibility index (Phi) is 4.42. The Balaban J connectivity index is 2.52. The van der Waals surface area contributed by atoms with Gasteiger partial charge in [-0.3, -0.25) is 0 Å². The van der Waals surface area contributed by atoms with Crippen LogP contribution in [0.1, 0.15) is 19.7 Å². The lowest BCUT2D eigenvalue weighted by Crippen LogP contribution is -2.09. The van der Waals surface area contributed by atoms with E-state index in [9.17, 15) is 4.39 Å². The van der Waals surface area contributed by atoms with E-state index in [4.69, 9.17) is 23.2 Å². The predicted molar refractivity (Wildman–Crippen MR) is 74.8 cm³/mol. The molecule has 0 unspecified atom stereocenters. The Morgan fingerprint density at radius 2 is 2.05 bits per heavy atom. The van der Waals surface area contributed by atoms with Crippen LogP contribution in [0.3, 0.4) is 0 Å². The second-order valence-electron chi connectivity index (χ2n) is 4.70. The average Bonchev–Trinajstić information content (AvgIpc) is 2.71. The number of benzene rings is 1. The minimum absolute atomic E-state index is 0.276. The first-order valence-corrected chi connectivity index (χ1v) is 6.87. The summed E-state index contributed by atoms with van der Waals surface area (Å²) in [5.41, 5.74) is 0.660. The number of rotatable bonds is 4. The van der Waals surface area contributed by atoms with Crippen molar-refractivity contribution < 1.29 is 4.39 Å². The maximum Gasteiger partial charge on any atom is 0.165 e. The molecule has 0 saturated carbocycles. The Labute approximate surface area is 121 Å². The highest BCUT2D eigenvalue weighted by Gasteiger charge is 2.16. The zero-order chi connectivity index (χ0) is 14.0. The van der Waals surface area contributed by atoms with Crippen LogP contribution < -0.4 is 0 Å². The quantitative estimate of drug-likeness (QED) is 0.795. The molecule has 102 valence electrons. The smallest absolute Gasteiger partial charge is 0.165 e. The highest BCUT2D eigenvalue weighted by atomic mass is 35.5. The molecule has 19 heavy (non-hydrogen) atoms. The minimum Gasteiger partial charge on any atom is -0.310 e. The number of nitrogens with zero attached hydrogens (tertiary/aromatic N) is 3. The molecule has 0 N–H and O–H groups in total. The molecule has 0 aliphatic carbocycles. The van der Waals surface area contributed by atoms with E-state index in [1.165, 1.54) is 12.1 Å². The summed E-state index contributed by atoms with van der Waals surface area (Å²) in [5, 5.41) is 8.50. The van der Waals surface area contributed by atoms with Gasteiger partial charge in [-0.25, -0.2) is 4.39 Å². The number of aromatic nitrogens is 3. The van der Waals surface area contributed by atoms with Crippen molar-refractivity contribution >= 4 is 23.2 Å². The lowest BCUT2D eigenvalue weighted by atomic mass is 10.2. The summed E-state index contributed by atoms with van der Waals surface area (Å²) in [4.78, 5) is 0. The van der Waals surface area contributed by atoms with Crippen LogP contribution in [0.15, 0.2) is 18.2 Å². The fraction of sp³-hybridized carbons (Fsp3) is 0.385. The molecular weight excluding hydrogens is 288 g/mol. The minimum atomic E-state index is -0.374. The molecule has 6 heteroatoms. The summed E-state index contributed by atoms with van der Waals surface area (Å²) < 4.78 is 15.0. The van der Waals surface area contributed by atoms with E-state index in [-0.39, 0.29) is 11.7 Å². The van der Waals surface area contributed by atoms with Crippen LogP contribution in [0.2, 0.25) is 5.02 Å². The summed E-state index contributed by atoms with van der Waals surface area (Å²) >= 11 is 11.9. The van der Waals surface area contributed by atoms with Gasteiger partial charge in [0, 0.05) is 12.1 Å². The Morgan fingerprint density at radius 1 is 1.32 bits per heavy atom. The Hall–Kier alpha value is -1.13. The lowest BCUT2D eigenvalue weighted by molar-refractivity contribution is 0.515. The standard InChI is InChI=1S/C13H14Cl2FN3/c1-8(2)7-19-12(6-14)17-18-13(19)10-4-3-9(16)5-11(10)15/h3-5,8H,6-7H2,1-2H3. The van der Waals surface area contributed by atoms with E-state index in [0.29, 0.717) is 28.2 Å². The van der Waals surface area contributed by atoms with Crippen LogP contribution in [-0.2, 0) is 12.4 Å². The first kappa shape index (κ1) is 14.3.